The Hall–Kier alpha value is -1.27. The van der Waals surface area contributed by atoms with E-state index in [2.05, 4.69) is 4.90 Å². The second-order valence-corrected chi connectivity index (χ2v) is 8.15. The molecule has 1 aliphatic heterocycles. The van der Waals surface area contributed by atoms with Crippen molar-refractivity contribution in [3.8, 4) is 0 Å². The van der Waals surface area contributed by atoms with Crippen LogP contribution in [0.3, 0.4) is 0 Å². The van der Waals surface area contributed by atoms with E-state index in [1.807, 2.05) is 0 Å². The summed E-state index contributed by atoms with van der Waals surface area (Å²) in [5, 5.41) is 0. The third-order valence-corrected chi connectivity index (χ3v) is 6.31. The van der Waals surface area contributed by atoms with Gasteiger partial charge in [-0.15, -0.1) is 0 Å². The fourth-order valence-corrected chi connectivity index (χ4v) is 4.29. The molecule has 0 aromatic heterocycles. The van der Waals surface area contributed by atoms with E-state index >= 15 is 0 Å². The largest absolute Gasteiger partial charge is 0.397 e. The molecule has 1 aliphatic carbocycles. The first-order chi connectivity index (χ1) is 9.39. The number of nitrogens with zero attached hydrogens (tertiary/aromatic N) is 2. The summed E-state index contributed by atoms with van der Waals surface area (Å²) in [6.07, 6.45) is 3.69. The van der Waals surface area contributed by atoms with Crippen molar-refractivity contribution in [3.05, 3.63) is 18.2 Å². The van der Waals surface area contributed by atoms with Crippen molar-refractivity contribution in [3.63, 3.8) is 0 Å². The number of fused-ring (bicyclic) bond motifs is 2. The molecule has 2 aliphatic rings. The van der Waals surface area contributed by atoms with E-state index in [0.29, 0.717) is 16.6 Å². The highest BCUT2D eigenvalue weighted by Crippen LogP contribution is 2.42. The minimum absolute atomic E-state index is 0.314. The Labute approximate surface area is 120 Å². The first-order valence-electron chi connectivity index (χ1n) is 6.98. The van der Waals surface area contributed by atoms with Crippen LogP contribution >= 0.6 is 0 Å². The van der Waals surface area contributed by atoms with Crippen molar-refractivity contribution >= 4 is 21.4 Å². The SMILES string of the molecule is CN(C)S(=O)(=O)c1ccc(N)c(N2CC3CCC2C3)c1. The maximum Gasteiger partial charge on any atom is 0.242 e. The van der Waals surface area contributed by atoms with Crippen molar-refractivity contribution in [2.24, 2.45) is 5.92 Å². The van der Waals surface area contributed by atoms with Crippen molar-refractivity contribution < 1.29 is 8.42 Å². The zero-order valence-electron chi connectivity index (χ0n) is 11.9. The number of benzene rings is 1. The maximum absolute atomic E-state index is 12.2. The molecule has 0 spiro atoms. The lowest BCUT2D eigenvalue weighted by Crippen LogP contribution is -2.32. The highest BCUT2D eigenvalue weighted by molar-refractivity contribution is 7.89. The number of anilines is 2. The summed E-state index contributed by atoms with van der Waals surface area (Å²) in [7, 11) is -0.318. The van der Waals surface area contributed by atoms with Crippen molar-refractivity contribution in [2.45, 2.75) is 30.2 Å². The number of hydrogen-bond acceptors (Lipinski definition) is 4. The zero-order valence-corrected chi connectivity index (χ0v) is 12.7. The van der Waals surface area contributed by atoms with Gasteiger partial charge in [0, 0.05) is 26.7 Å². The van der Waals surface area contributed by atoms with Crippen LogP contribution in [0.5, 0.6) is 0 Å². The molecule has 6 heteroatoms. The molecular formula is C14H21N3O2S. The minimum Gasteiger partial charge on any atom is -0.397 e. The lowest BCUT2D eigenvalue weighted by atomic mass is 10.1. The van der Waals surface area contributed by atoms with Gasteiger partial charge in [-0.3, -0.25) is 0 Å². The van der Waals surface area contributed by atoms with E-state index in [9.17, 15) is 8.42 Å². The molecule has 20 heavy (non-hydrogen) atoms. The van der Waals surface area contributed by atoms with Crippen LogP contribution in [-0.2, 0) is 10.0 Å². The lowest BCUT2D eigenvalue weighted by molar-refractivity contribution is 0.520. The molecule has 110 valence electrons. The van der Waals surface area contributed by atoms with Gasteiger partial charge in [0.25, 0.3) is 0 Å². The first-order valence-corrected chi connectivity index (χ1v) is 8.42. The van der Waals surface area contributed by atoms with E-state index in [-0.39, 0.29) is 0 Å². The van der Waals surface area contributed by atoms with Gasteiger partial charge in [-0.1, -0.05) is 0 Å². The summed E-state index contributed by atoms with van der Waals surface area (Å²) in [6, 6.07) is 5.55. The molecule has 2 atom stereocenters. The first kappa shape index (κ1) is 13.7. The fourth-order valence-electron chi connectivity index (χ4n) is 3.36. The third-order valence-electron chi connectivity index (χ3n) is 4.50. The number of piperidine rings is 1. The highest BCUT2D eigenvalue weighted by Gasteiger charge is 2.38. The molecule has 0 amide bonds. The molecule has 1 heterocycles. The number of nitrogens with two attached hydrogens (primary N) is 1. The fraction of sp³-hybridized carbons (Fsp3) is 0.571. The predicted octanol–water partition coefficient (Wildman–Crippen LogP) is 1.51. The van der Waals surface area contributed by atoms with Gasteiger partial charge in [-0.25, -0.2) is 12.7 Å². The number of rotatable bonds is 3. The molecule has 2 fully saturated rings. The Morgan fingerprint density at radius 3 is 2.60 bits per heavy atom. The second kappa shape index (κ2) is 4.63. The van der Waals surface area contributed by atoms with Crippen LogP contribution in [0.2, 0.25) is 0 Å². The summed E-state index contributed by atoms with van der Waals surface area (Å²) in [5.74, 6) is 0.744. The molecule has 1 saturated carbocycles. The van der Waals surface area contributed by atoms with Crippen LogP contribution in [0.4, 0.5) is 11.4 Å². The maximum atomic E-state index is 12.2. The quantitative estimate of drug-likeness (QED) is 0.858. The summed E-state index contributed by atoms with van der Waals surface area (Å²) < 4.78 is 25.7. The predicted molar refractivity (Wildman–Crippen MR) is 80.2 cm³/mol. The molecule has 2 N–H and O–H groups in total. The van der Waals surface area contributed by atoms with E-state index < -0.39 is 10.0 Å². The molecule has 1 aromatic rings. The van der Waals surface area contributed by atoms with Crippen LogP contribution in [0.25, 0.3) is 0 Å². The zero-order chi connectivity index (χ0) is 14.5. The molecule has 2 bridgehead atoms. The summed E-state index contributed by atoms with van der Waals surface area (Å²) >= 11 is 0. The Kier molecular flexibility index (Phi) is 3.17. The monoisotopic (exact) mass is 295 g/mol. The van der Waals surface area contributed by atoms with Crippen LogP contribution in [-0.4, -0.2) is 39.4 Å². The molecule has 3 rings (SSSR count). The molecule has 1 saturated heterocycles. The number of nitrogen functional groups attached to an aromatic ring is 1. The molecule has 0 radical (unpaired) electrons. The van der Waals surface area contributed by atoms with Gasteiger partial charge in [0.2, 0.25) is 10.0 Å². The van der Waals surface area contributed by atoms with Crippen molar-refractivity contribution in [1.29, 1.82) is 0 Å². The third kappa shape index (κ3) is 2.07. The lowest BCUT2D eigenvalue weighted by Gasteiger charge is -2.30. The summed E-state index contributed by atoms with van der Waals surface area (Å²) in [6.45, 7) is 1.00. The number of hydrogen-bond donors (Lipinski definition) is 1. The normalized spacial score (nSPS) is 25.6. The van der Waals surface area contributed by atoms with Gasteiger partial charge in [0.1, 0.15) is 0 Å². The van der Waals surface area contributed by atoms with Crippen LogP contribution < -0.4 is 10.6 Å². The van der Waals surface area contributed by atoms with Gasteiger partial charge in [-0.2, -0.15) is 0 Å². The average molecular weight is 295 g/mol. The minimum atomic E-state index is -3.41. The van der Waals surface area contributed by atoms with Crippen LogP contribution in [0.1, 0.15) is 19.3 Å². The Morgan fingerprint density at radius 1 is 1.30 bits per heavy atom. The molecule has 5 nitrogen and oxygen atoms in total. The van der Waals surface area contributed by atoms with E-state index in [4.69, 9.17) is 5.73 Å². The smallest absolute Gasteiger partial charge is 0.242 e. The van der Waals surface area contributed by atoms with Crippen LogP contribution in [0.15, 0.2) is 23.1 Å². The molecule has 2 unspecified atom stereocenters. The Bertz CT molecular complexity index is 627. The molecular weight excluding hydrogens is 274 g/mol. The standard InChI is InChI=1S/C14H21N3O2S/c1-16(2)20(18,19)12-5-6-13(15)14(8-12)17-9-10-3-4-11(17)7-10/h5-6,8,10-11H,3-4,7,9,15H2,1-2H3. The highest BCUT2D eigenvalue weighted by atomic mass is 32.2. The van der Waals surface area contributed by atoms with Gasteiger partial charge < -0.3 is 10.6 Å². The van der Waals surface area contributed by atoms with Gasteiger partial charge >= 0.3 is 0 Å². The average Bonchev–Trinajstić information content (AvgIpc) is 3.01. The van der Waals surface area contributed by atoms with E-state index in [1.54, 1.807) is 32.3 Å². The Balaban J connectivity index is 2.00. The van der Waals surface area contributed by atoms with E-state index in [0.717, 1.165) is 18.2 Å². The summed E-state index contributed by atoms with van der Waals surface area (Å²) in [5.41, 5.74) is 7.61. The van der Waals surface area contributed by atoms with Gasteiger partial charge in [0.15, 0.2) is 0 Å². The van der Waals surface area contributed by atoms with E-state index in [1.165, 1.54) is 23.6 Å². The van der Waals surface area contributed by atoms with Crippen molar-refractivity contribution in [2.75, 3.05) is 31.3 Å². The molecule has 1 aromatic carbocycles. The Morgan fingerprint density at radius 2 is 2.05 bits per heavy atom. The van der Waals surface area contributed by atoms with Crippen molar-refractivity contribution in [1.82, 2.24) is 4.31 Å². The topological polar surface area (TPSA) is 66.6 Å². The van der Waals surface area contributed by atoms with Crippen LogP contribution in [0, 0.1) is 5.92 Å². The van der Waals surface area contributed by atoms with Gasteiger partial charge in [-0.05, 0) is 43.4 Å². The summed E-state index contributed by atoms with van der Waals surface area (Å²) in [4.78, 5) is 2.60. The van der Waals surface area contributed by atoms with Gasteiger partial charge in [0.05, 0.1) is 16.3 Å². The second-order valence-electron chi connectivity index (χ2n) is 5.99. The number of sulfonamides is 1.